The summed E-state index contributed by atoms with van der Waals surface area (Å²) in [6.07, 6.45) is 0. The summed E-state index contributed by atoms with van der Waals surface area (Å²) in [5, 5.41) is 0. The van der Waals surface area contributed by atoms with E-state index in [0.717, 1.165) is 13.2 Å². The standard InChI is InChI=1S/C16H27NO/c1-16(2,3)15(11-17(4)5)13-18-12-14-9-7-6-8-10-14/h6-10,15H,11-13H2,1-5H3. The van der Waals surface area contributed by atoms with E-state index >= 15 is 0 Å². The highest BCUT2D eigenvalue weighted by Crippen LogP contribution is 2.26. The van der Waals surface area contributed by atoms with Gasteiger partial charge >= 0.3 is 0 Å². The molecule has 0 aromatic heterocycles. The molecule has 2 heteroatoms. The molecule has 0 aliphatic heterocycles. The molecule has 0 spiro atoms. The minimum atomic E-state index is 0.279. The zero-order chi connectivity index (χ0) is 13.6. The van der Waals surface area contributed by atoms with Crippen LogP contribution in [0.1, 0.15) is 26.3 Å². The van der Waals surface area contributed by atoms with Gasteiger partial charge in [-0.3, -0.25) is 0 Å². The van der Waals surface area contributed by atoms with Crippen LogP contribution in [0.5, 0.6) is 0 Å². The Labute approximate surface area is 112 Å². The molecule has 0 saturated heterocycles. The molecule has 102 valence electrons. The Morgan fingerprint density at radius 2 is 1.72 bits per heavy atom. The average molecular weight is 249 g/mol. The van der Waals surface area contributed by atoms with Gasteiger partial charge in [0.1, 0.15) is 0 Å². The number of benzene rings is 1. The Kier molecular flexibility index (Phi) is 5.83. The molecule has 18 heavy (non-hydrogen) atoms. The first-order chi connectivity index (χ1) is 8.39. The van der Waals surface area contributed by atoms with Crippen LogP contribution in [0.4, 0.5) is 0 Å². The lowest BCUT2D eigenvalue weighted by Crippen LogP contribution is -2.34. The van der Waals surface area contributed by atoms with E-state index in [2.05, 4.69) is 64.0 Å². The Balaban J connectivity index is 2.43. The monoisotopic (exact) mass is 249 g/mol. The van der Waals surface area contributed by atoms with Crippen molar-refractivity contribution >= 4 is 0 Å². The van der Waals surface area contributed by atoms with Crippen LogP contribution < -0.4 is 0 Å². The predicted molar refractivity (Wildman–Crippen MR) is 77.6 cm³/mol. The van der Waals surface area contributed by atoms with E-state index in [-0.39, 0.29) is 5.41 Å². The number of ether oxygens (including phenoxy) is 1. The highest BCUT2D eigenvalue weighted by Gasteiger charge is 2.25. The van der Waals surface area contributed by atoms with Gasteiger partial charge in [-0.05, 0) is 31.0 Å². The topological polar surface area (TPSA) is 12.5 Å². The molecule has 0 fully saturated rings. The minimum Gasteiger partial charge on any atom is -0.376 e. The lowest BCUT2D eigenvalue weighted by molar-refractivity contribution is 0.0337. The molecule has 1 atom stereocenters. The van der Waals surface area contributed by atoms with Crippen LogP contribution in [0.3, 0.4) is 0 Å². The van der Waals surface area contributed by atoms with E-state index in [4.69, 9.17) is 4.74 Å². The lowest BCUT2D eigenvalue weighted by Gasteiger charge is -2.32. The molecule has 2 nitrogen and oxygen atoms in total. The third kappa shape index (κ3) is 5.65. The maximum Gasteiger partial charge on any atom is 0.0717 e. The normalized spacial score (nSPS) is 13.9. The van der Waals surface area contributed by atoms with Crippen LogP contribution in [-0.2, 0) is 11.3 Å². The molecule has 0 aliphatic carbocycles. The molecule has 1 aromatic carbocycles. The second-order valence-corrected chi connectivity index (χ2v) is 6.33. The van der Waals surface area contributed by atoms with Crippen LogP contribution in [0.2, 0.25) is 0 Å². The maximum atomic E-state index is 5.88. The SMILES string of the molecule is CN(C)CC(COCc1ccccc1)C(C)(C)C. The molecule has 0 heterocycles. The number of nitrogens with zero attached hydrogens (tertiary/aromatic N) is 1. The van der Waals surface area contributed by atoms with Gasteiger partial charge in [-0.1, -0.05) is 51.1 Å². The van der Waals surface area contributed by atoms with Crippen molar-refractivity contribution in [1.82, 2.24) is 4.90 Å². The molecule has 1 aromatic rings. The summed E-state index contributed by atoms with van der Waals surface area (Å²) < 4.78 is 5.88. The molecule has 1 rings (SSSR count). The zero-order valence-electron chi connectivity index (χ0n) is 12.4. The second kappa shape index (κ2) is 6.91. The van der Waals surface area contributed by atoms with Crippen LogP contribution in [-0.4, -0.2) is 32.1 Å². The minimum absolute atomic E-state index is 0.279. The fourth-order valence-corrected chi connectivity index (χ4v) is 1.91. The highest BCUT2D eigenvalue weighted by molar-refractivity contribution is 5.13. The predicted octanol–water partition coefficient (Wildman–Crippen LogP) is 3.43. The first-order valence-electron chi connectivity index (χ1n) is 6.66. The van der Waals surface area contributed by atoms with Gasteiger partial charge in [-0.25, -0.2) is 0 Å². The van der Waals surface area contributed by atoms with E-state index in [0.29, 0.717) is 12.5 Å². The quantitative estimate of drug-likeness (QED) is 0.766. The molecule has 0 saturated carbocycles. The van der Waals surface area contributed by atoms with Gasteiger partial charge in [-0.15, -0.1) is 0 Å². The van der Waals surface area contributed by atoms with Crippen molar-refractivity contribution in [3.8, 4) is 0 Å². The Morgan fingerprint density at radius 3 is 2.22 bits per heavy atom. The third-order valence-corrected chi connectivity index (χ3v) is 3.24. The van der Waals surface area contributed by atoms with Crippen LogP contribution in [0.15, 0.2) is 30.3 Å². The Hall–Kier alpha value is -0.860. The van der Waals surface area contributed by atoms with E-state index < -0.39 is 0 Å². The van der Waals surface area contributed by atoms with Crippen LogP contribution >= 0.6 is 0 Å². The lowest BCUT2D eigenvalue weighted by atomic mass is 9.81. The summed E-state index contributed by atoms with van der Waals surface area (Å²) >= 11 is 0. The van der Waals surface area contributed by atoms with Gasteiger partial charge < -0.3 is 9.64 Å². The van der Waals surface area contributed by atoms with Gasteiger partial charge in [0.25, 0.3) is 0 Å². The van der Waals surface area contributed by atoms with E-state index in [1.807, 2.05) is 6.07 Å². The molecule has 0 radical (unpaired) electrons. The Bertz CT molecular complexity index is 327. The summed E-state index contributed by atoms with van der Waals surface area (Å²) in [5.74, 6) is 0.552. The summed E-state index contributed by atoms with van der Waals surface area (Å²) in [4.78, 5) is 2.24. The number of rotatable bonds is 6. The molecule has 1 unspecified atom stereocenters. The molecule has 0 amide bonds. The van der Waals surface area contributed by atoms with Crippen molar-refractivity contribution in [2.45, 2.75) is 27.4 Å². The van der Waals surface area contributed by atoms with Gasteiger partial charge in [0.05, 0.1) is 13.2 Å². The van der Waals surface area contributed by atoms with Gasteiger partial charge in [0, 0.05) is 6.54 Å². The first kappa shape index (κ1) is 15.2. The molecule has 0 bridgehead atoms. The number of hydrogen-bond donors (Lipinski definition) is 0. The summed E-state index contributed by atoms with van der Waals surface area (Å²) in [6.45, 7) is 9.45. The van der Waals surface area contributed by atoms with Crippen molar-refractivity contribution in [3.05, 3.63) is 35.9 Å². The summed E-state index contributed by atoms with van der Waals surface area (Å²) in [5.41, 5.74) is 1.52. The van der Waals surface area contributed by atoms with Crippen molar-refractivity contribution in [2.75, 3.05) is 27.2 Å². The van der Waals surface area contributed by atoms with Crippen molar-refractivity contribution < 1.29 is 4.74 Å². The van der Waals surface area contributed by atoms with Crippen molar-refractivity contribution in [2.24, 2.45) is 11.3 Å². The van der Waals surface area contributed by atoms with E-state index in [1.165, 1.54) is 5.56 Å². The van der Waals surface area contributed by atoms with E-state index in [9.17, 15) is 0 Å². The van der Waals surface area contributed by atoms with Gasteiger partial charge in [0.15, 0.2) is 0 Å². The van der Waals surface area contributed by atoms with Crippen molar-refractivity contribution in [3.63, 3.8) is 0 Å². The second-order valence-electron chi connectivity index (χ2n) is 6.33. The van der Waals surface area contributed by atoms with Crippen LogP contribution in [0.25, 0.3) is 0 Å². The zero-order valence-corrected chi connectivity index (χ0v) is 12.4. The fraction of sp³-hybridized carbons (Fsp3) is 0.625. The van der Waals surface area contributed by atoms with Crippen molar-refractivity contribution in [1.29, 1.82) is 0 Å². The molecule has 0 N–H and O–H groups in total. The Morgan fingerprint density at radius 1 is 1.11 bits per heavy atom. The average Bonchev–Trinajstić information content (AvgIpc) is 2.27. The fourth-order valence-electron chi connectivity index (χ4n) is 1.91. The summed E-state index contributed by atoms with van der Waals surface area (Å²) in [6, 6.07) is 10.4. The molecule has 0 aliphatic rings. The molecular formula is C16H27NO. The van der Waals surface area contributed by atoms with Gasteiger partial charge in [-0.2, -0.15) is 0 Å². The van der Waals surface area contributed by atoms with Gasteiger partial charge in [0.2, 0.25) is 0 Å². The molecular weight excluding hydrogens is 222 g/mol. The summed E-state index contributed by atoms with van der Waals surface area (Å²) in [7, 11) is 4.24. The number of hydrogen-bond acceptors (Lipinski definition) is 2. The largest absolute Gasteiger partial charge is 0.376 e. The van der Waals surface area contributed by atoms with Crippen LogP contribution in [0, 0.1) is 11.3 Å². The third-order valence-electron chi connectivity index (χ3n) is 3.24. The smallest absolute Gasteiger partial charge is 0.0717 e. The van der Waals surface area contributed by atoms with E-state index in [1.54, 1.807) is 0 Å². The maximum absolute atomic E-state index is 5.88. The highest BCUT2D eigenvalue weighted by atomic mass is 16.5. The first-order valence-corrected chi connectivity index (χ1v) is 6.66.